The van der Waals surface area contributed by atoms with Gasteiger partial charge in [0, 0.05) is 12.9 Å². The number of hydrazone groups is 1. The zero-order chi connectivity index (χ0) is 26.0. The van der Waals surface area contributed by atoms with Crippen LogP contribution in [0.2, 0.25) is 0 Å². The fraction of sp³-hybridized carbons (Fsp3) is 0.120. The van der Waals surface area contributed by atoms with Crippen LogP contribution in [0, 0.1) is 0 Å². The summed E-state index contributed by atoms with van der Waals surface area (Å²) in [5.41, 5.74) is 2.66. The summed E-state index contributed by atoms with van der Waals surface area (Å²) in [5, 5.41) is 13.6. The maximum Gasteiger partial charge on any atom is 0.251 e. The van der Waals surface area contributed by atoms with Gasteiger partial charge in [0.05, 0.1) is 42.3 Å². The Morgan fingerprint density at radius 3 is 2.67 bits per heavy atom. The van der Waals surface area contributed by atoms with Gasteiger partial charge in [-0.3, -0.25) is 4.79 Å². The molecule has 0 saturated carbocycles. The first-order chi connectivity index (χ1) is 17.2. The normalized spacial score (nSPS) is 12.6. The average Bonchev–Trinajstić information content (AvgIpc) is 3.34. The molecule has 3 unspecified atom stereocenters. The lowest BCUT2D eigenvalue weighted by Crippen LogP contribution is -2.20. The molecule has 0 fully saturated rings. The summed E-state index contributed by atoms with van der Waals surface area (Å²) in [6.45, 7) is 8.72. The lowest BCUT2D eigenvalue weighted by molar-refractivity contribution is 0.324. The molecule has 0 aliphatic carbocycles. The van der Waals surface area contributed by atoms with Gasteiger partial charge in [-0.15, -0.1) is 9.24 Å². The first-order valence-electron chi connectivity index (χ1n) is 10.8. The Hall–Kier alpha value is -3.67. The molecule has 2 aromatic heterocycles. The van der Waals surface area contributed by atoms with Gasteiger partial charge in [-0.05, 0) is 54.2 Å². The highest BCUT2D eigenvalue weighted by Crippen LogP contribution is 2.33. The van der Waals surface area contributed by atoms with Gasteiger partial charge in [-0.2, -0.15) is 15.3 Å². The molecule has 0 amide bonds. The summed E-state index contributed by atoms with van der Waals surface area (Å²) in [6, 6.07) is 14.1. The first-order valence-corrected chi connectivity index (χ1v) is 11.9. The number of methoxy groups -OCH3 is 1. The van der Waals surface area contributed by atoms with Crippen molar-refractivity contribution in [3.8, 4) is 28.5 Å². The van der Waals surface area contributed by atoms with Gasteiger partial charge in [-0.25, -0.2) is 18.8 Å². The number of rotatable bonds is 8. The number of halogens is 1. The van der Waals surface area contributed by atoms with Crippen LogP contribution in [-0.2, 0) is 5.41 Å². The molecule has 4 aromatic rings. The van der Waals surface area contributed by atoms with Gasteiger partial charge in [0.25, 0.3) is 5.43 Å². The number of aromatic nitrogens is 4. The van der Waals surface area contributed by atoms with E-state index in [0.717, 1.165) is 11.0 Å². The van der Waals surface area contributed by atoms with Crippen molar-refractivity contribution in [3.63, 3.8) is 0 Å². The van der Waals surface area contributed by atoms with Crippen LogP contribution in [-0.4, -0.2) is 33.4 Å². The lowest BCUT2D eigenvalue weighted by atomic mass is 10.1. The Labute approximate surface area is 212 Å². The number of nitrogens with zero attached hydrogens (tertiary/aromatic N) is 6. The van der Waals surface area contributed by atoms with Crippen molar-refractivity contribution in [1.82, 2.24) is 19.6 Å². The van der Waals surface area contributed by atoms with Crippen molar-refractivity contribution in [2.24, 2.45) is 5.10 Å². The molecule has 0 aliphatic rings. The topological polar surface area (TPSA) is 77.5 Å². The van der Waals surface area contributed by atoms with Crippen LogP contribution in [0.1, 0.15) is 12.5 Å². The standard InChI is InChI=1S/C25H25FN6O2P2/c1-5-30(27-3)17-9-10-19(22(35)14-17)31-15-21(34-4)24(33)23(29-31)20-11-12-28-32(20)18-8-6-7-16(13-18)25(2,26)36/h5-15H,1,3,35-36H2,2,4H3. The second kappa shape index (κ2) is 10.1. The molecule has 2 heterocycles. The van der Waals surface area contributed by atoms with Crippen LogP contribution >= 0.6 is 18.5 Å². The van der Waals surface area contributed by atoms with Crippen LogP contribution in [0.25, 0.3) is 22.8 Å². The minimum absolute atomic E-state index is 0.108. The van der Waals surface area contributed by atoms with Crippen LogP contribution in [0.4, 0.5) is 10.1 Å². The highest BCUT2D eigenvalue weighted by molar-refractivity contribution is 7.27. The largest absolute Gasteiger partial charge is 0.491 e. The van der Waals surface area contributed by atoms with E-state index < -0.39 is 10.8 Å². The predicted octanol–water partition coefficient (Wildman–Crippen LogP) is 4.18. The summed E-state index contributed by atoms with van der Waals surface area (Å²) in [4.78, 5) is 13.3. The molecular formula is C25H25FN6O2P2. The Balaban J connectivity index is 1.87. The molecule has 4 rings (SSSR count). The van der Waals surface area contributed by atoms with Crippen LogP contribution in [0.15, 0.2) is 83.6 Å². The molecule has 2 aromatic carbocycles. The number of hydrogen-bond donors (Lipinski definition) is 0. The maximum absolute atomic E-state index is 14.6. The van der Waals surface area contributed by atoms with E-state index in [0.29, 0.717) is 22.6 Å². The van der Waals surface area contributed by atoms with Gasteiger partial charge in [0.2, 0.25) is 0 Å². The number of hydrogen-bond acceptors (Lipinski definition) is 6. The first kappa shape index (κ1) is 25.4. The van der Waals surface area contributed by atoms with E-state index in [1.165, 1.54) is 25.2 Å². The molecule has 0 aliphatic heterocycles. The van der Waals surface area contributed by atoms with Crippen molar-refractivity contribution in [2.75, 3.05) is 12.1 Å². The van der Waals surface area contributed by atoms with Crippen molar-refractivity contribution in [3.05, 3.63) is 89.5 Å². The fourth-order valence-electron chi connectivity index (χ4n) is 3.67. The third kappa shape index (κ3) is 4.85. The van der Waals surface area contributed by atoms with Crippen molar-refractivity contribution in [1.29, 1.82) is 0 Å². The second-order valence-corrected chi connectivity index (χ2v) is 9.69. The lowest BCUT2D eigenvalue weighted by Gasteiger charge is -2.17. The molecule has 0 radical (unpaired) electrons. The molecule has 0 bridgehead atoms. The van der Waals surface area contributed by atoms with E-state index in [-0.39, 0.29) is 11.4 Å². The number of ether oxygens (including phenoxy) is 1. The minimum Gasteiger partial charge on any atom is -0.491 e. The van der Waals surface area contributed by atoms with Crippen molar-refractivity contribution < 1.29 is 9.13 Å². The van der Waals surface area contributed by atoms with Gasteiger partial charge in [0.15, 0.2) is 11.4 Å². The Morgan fingerprint density at radius 2 is 2.03 bits per heavy atom. The second-order valence-electron chi connectivity index (χ2n) is 7.99. The maximum atomic E-state index is 14.6. The van der Waals surface area contributed by atoms with E-state index in [1.807, 2.05) is 18.2 Å². The fourth-order valence-corrected chi connectivity index (χ4v) is 4.25. The van der Waals surface area contributed by atoms with Gasteiger partial charge < -0.3 is 4.74 Å². The van der Waals surface area contributed by atoms with Gasteiger partial charge in [-0.1, -0.05) is 28.0 Å². The van der Waals surface area contributed by atoms with Gasteiger partial charge >= 0.3 is 0 Å². The average molecular weight is 522 g/mol. The summed E-state index contributed by atoms with van der Waals surface area (Å²) >= 11 is 0. The summed E-state index contributed by atoms with van der Waals surface area (Å²) < 4.78 is 23.1. The van der Waals surface area contributed by atoms with E-state index in [2.05, 4.69) is 47.1 Å². The minimum atomic E-state index is -1.62. The van der Waals surface area contributed by atoms with Crippen LogP contribution in [0.3, 0.4) is 0 Å². The van der Waals surface area contributed by atoms with Crippen LogP contribution in [0.5, 0.6) is 5.75 Å². The number of anilines is 1. The van der Waals surface area contributed by atoms with Crippen molar-refractivity contribution in [2.45, 2.75) is 12.3 Å². The van der Waals surface area contributed by atoms with E-state index in [9.17, 15) is 9.18 Å². The summed E-state index contributed by atoms with van der Waals surface area (Å²) in [6.07, 6.45) is 4.63. The zero-order valence-electron chi connectivity index (χ0n) is 19.8. The molecule has 3 atom stereocenters. The van der Waals surface area contributed by atoms with Gasteiger partial charge in [0.1, 0.15) is 5.41 Å². The SMILES string of the molecule is C=CN(N=C)c1ccc(-n2cc(OC)c(=O)c(-c3ccnn3-c3cccc(C(C)(F)P)c3)n2)c(P)c1. The van der Waals surface area contributed by atoms with Crippen LogP contribution < -0.4 is 20.5 Å². The number of benzene rings is 2. The summed E-state index contributed by atoms with van der Waals surface area (Å²) in [7, 11) is 6.26. The zero-order valence-corrected chi connectivity index (χ0v) is 22.1. The number of alkyl halides is 1. The highest BCUT2D eigenvalue weighted by Gasteiger charge is 2.22. The quantitative estimate of drug-likeness (QED) is 0.197. The smallest absolute Gasteiger partial charge is 0.251 e. The highest BCUT2D eigenvalue weighted by atomic mass is 31.0. The Kier molecular flexibility index (Phi) is 7.16. The molecule has 36 heavy (non-hydrogen) atoms. The van der Waals surface area contributed by atoms with Crippen molar-refractivity contribution >= 4 is 36.2 Å². The molecule has 184 valence electrons. The molecule has 0 spiro atoms. The molecule has 8 nitrogen and oxygen atoms in total. The summed E-state index contributed by atoms with van der Waals surface area (Å²) in [5.74, 6) is 0.108. The van der Waals surface area contributed by atoms with E-state index >= 15 is 0 Å². The predicted molar refractivity (Wildman–Crippen MR) is 149 cm³/mol. The molecular weight excluding hydrogens is 497 g/mol. The van der Waals surface area contributed by atoms with E-state index in [4.69, 9.17) is 4.74 Å². The Bertz CT molecular complexity index is 1500. The third-order valence-corrected chi connectivity index (χ3v) is 6.29. The molecule has 0 saturated heterocycles. The monoisotopic (exact) mass is 522 g/mol. The molecule has 11 heteroatoms. The van der Waals surface area contributed by atoms with E-state index in [1.54, 1.807) is 52.1 Å². The molecule has 0 N–H and O–H groups in total. The Morgan fingerprint density at radius 1 is 1.25 bits per heavy atom. The third-order valence-electron chi connectivity index (χ3n) is 5.49.